The number of nitrogens with one attached hydrogen (secondary N) is 2. The summed E-state index contributed by atoms with van der Waals surface area (Å²) >= 11 is 0. The van der Waals surface area contributed by atoms with Crippen LogP contribution in [-0.2, 0) is 11.2 Å². The van der Waals surface area contributed by atoms with Gasteiger partial charge >= 0.3 is 6.03 Å². The molecule has 8 nitrogen and oxygen atoms in total. The fourth-order valence-corrected chi connectivity index (χ4v) is 4.03. The van der Waals surface area contributed by atoms with Gasteiger partial charge in [-0.25, -0.2) is 4.79 Å². The maximum absolute atomic E-state index is 12.7. The maximum atomic E-state index is 12.7. The number of carbonyl (C=O) groups excluding carboxylic acids is 2. The molecule has 0 saturated carbocycles. The molecule has 2 N–H and O–H groups in total. The summed E-state index contributed by atoms with van der Waals surface area (Å²) < 4.78 is 10.4. The summed E-state index contributed by atoms with van der Waals surface area (Å²) in [5.41, 5.74) is 3.33. The van der Waals surface area contributed by atoms with Gasteiger partial charge in [0, 0.05) is 37.6 Å². The number of amides is 3. The number of hydrogen-bond acceptors (Lipinski definition) is 5. The van der Waals surface area contributed by atoms with E-state index >= 15 is 0 Å². The molecule has 182 valence electrons. The lowest BCUT2D eigenvalue weighted by atomic mass is 10.1. The van der Waals surface area contributed by atoms with E-state index in [4.69, 9.17) is 9.47 Å². The second-order valence-corrected chi connectivity index (χ2v) is 8.22. The molecule has 35 heavy (non-hydrogen) atoms. The molecule has 1 aliphatic rings. The molecule has 3 aromatic rings. The molecule has 1 aliphatic heterocycles. The van der Waals surface area contributed by atoms with Gasteiger partial charge in [-0.3, -0.25) is 4.79 Å². The van der Waals surface area contributed by atoms with E-state index < -0.39 is 0 Å². The van der Waals surface area contributed by atoms with Crippen molar-refractivity contribution in [3.05, 3.63) is 78.4 Å². The van der Waals surface area contributed by atoms with Crippen molar-refractivity contribution in [2.24, 2.45) is 0 Å². The summed E-state index contributed by atoms with van der Waals surface area (Å²) in [6.07, 6.45) is 0.390. The third kappa shape index (κ3) is 6.23. The van der Waals surface area contributed by atoms with Gasteiger partial charge in [0.2, 0.25) is 5.91 Å². The van der Waals surface area contributed by atoms with E-state index in [9.17, 15) is 9.59 Å². The highest BCUT2D eigenvalue weighted by Gasteiger charge is 2.21. The molecule has 0 spiro atoms. The second-order valence-electron chi connectivity index (χ2n) is 8.22. The molecule has 0 bridgehead atoms. The molecule has 3 amide bonds. The first-order valence-corrected chi connectivity index (χ1v) is 11.5. The predicted molar refractivity (Wildman–Crippen MR) is 138 cm³/mol. The number of benzene rings is 3. The Kier molecular flexibility index (Phi) is 7.72. The van der Waals surface area contributed by atoms with E-state index in [1.54, 1.807) is 26.4 Å². The van der Waals surface area contributed by atoms with Crippen LogP contribution in [-0.4, -0.2) is 57.2 Å². The van der Waals surface area contributed by atoms with Crippen LogP contribution in [0.15, 0.2) is 72.8 Å². The van der Waals surface area contributed by atoms with Gasteiger partial charge in [-0.1, -0.05) is 24.3 Å². The zero-order valence-electron chi connectivity index (χ0n) is 20.0. The standard InChI is InChI=1S/C27H30N4O4/c1-34-23-13-7-20(8-14-23)19-26(32)31-17-15-30(16-18-31)22-11-9-21(10-12-22)28-27(33)29-24-5-3-4-6-25(24)35-2/h3-14H,15-19H2,1-2H3,(H2,28,29,33). The quantitative estimate of drug-likeness (QED) is 0.535. The summed E-state index contributed by atoms with van der Waals surface area (Å²) in [5.74, 6) is 1.52. The summed E-state index contributed by atoms with van der Waals surface area (Å²) in [4.78, 5) is 29.2. The SMILES string of the molecule is COc1ccc(CC(=O)N2CCN(c3ccc(NC(=O)Nc4ccccc4OC)cc3)CC2)cc1. The number of ether oxygens (including phenoxy) is 2. The Morgan fingerprint density at radius 2 is 1.49 bits per heavy atom. The lowest BCUT2D eigenvalue weighted by Crippen LogP contribution is -2.49. The van der Waals surface area contributed by atoms with Gasteiger partial charge in [-0.05, 0) is 54.1 Å². The lowest BCUT2D eigenvalue weighted by Gasteiger charge is -2.36. The predicted octanol–water partition coefficient (Wildman–Crippen LogP) is 4.24. The number of carbonyl (C=O) groups is 2. The fraction of sp³-hybridized carbons (Fsp3) is 0.259. The van der Waals surface area contributed by atoms with Gasteiger partial charge in [-0.2, -0.15) is 0 Å². The number of hydrogen-bond donors (Lipinski definition) is 2. The molecule has 3 aromatic carbocycles. The van der Waals surface area contributed by atoms with E-state index in [0.717, 1.165) is 30.1 Å². The van der Waals surface area contributed by atoms with Gasteiger partial charge in [0.05, 0.1) is 26.3 Å². The smallest absolute Gasteiger partial charge is 0.323 e. The summed E-state index contributed by atoms with van der Waals surface area (Å²) in [5, 5.41) is 5.64. The average Bonchev–Trinajstić information content (AvgIpc) is 2.90. The van der Waals surface area contributed by atoms with Crippen LogP contribution in [0.25, 0.3) is 0 Å². The van der Waals surface area contributed by atoms with E-state index in [1.807, 2.05) is 65.6 Å². The van der Waals surface area contributed by atoms with Crippen LogP contribution in [0.1, 0.15) is 5.56 Å². The molecule has 0 aromatic heterocycles. The molecule has 0 aliphatic carbocycles. The Balaban J connectivity index is 1.26. The molecule has 1 saturated heterocycles. The molecule has 1 fully saturated rings. The van der Waals surface area contributed by atoms with E-state index in [1.165, 1.54) is 0 Å². The van der Waals surface area contributed by atoms with Crippen LogP contribution in [0.5, 0.6) is 11.5 Å². The molecular formula is C27H30N4O4. The van der Waals surface area contributed by atoms with Crippen molar-refractivity contribution in [3.8, 4) is 11.5 Å². The summed E-state index contributed by atoms with van der Waals surface area (Å²) in [6, 6.07) is 22.2. The van der Waals surface area contributed by atoms with Crippen molar-refractivity contribution < 1.29 is 19.1 Å². The highest BCUT2D eigenvalue weighted by molar-refractivity contribution is 6.00. The number of piperazine rings is 1. The topological polar surface area (TPSA) is 83.1 Å². The van der Waals surface area contributed by atoms with Crippen molar-refractivity contribution in [2.45, 2.75) is 6.42 Å². The zero-order chi connectivity index (χ0) is 24.6. The molecule has 4 rings (SSSR count). The molecule has 0 unspecified atom stereocenters. The van der Waals surface area contributed by atoms with Crippen LogP contribution >= 0.6 is 0 Å². The Labute approximate surface area is 205 Å². The molecule has 1 heterocycles. The van der Waals surface area contributed by atoms with Crippen molar-refractivity contribution in [3.63, 3.8) is 0 Å². The number of methoxy groups -OCH3 is 2. The number of urea groups is 1. The summed E-state index contributed by atoms with van der Waals surface area (Å²) in [6.45, 7) is 2.87. The molecule has 8 heteroatoms. The van der Waals surface area contributed by atoms with Gasteiger partial charge in [0.25, 0.3) is 0 Å². The third-order valence-corrected chi connectivity index (χ3v) is 5.99. The Morgan fingerprint density at radius 1 is 0.800 bits per heavy atom. The highest BCUT2D eigenvalue weighted by atomic mass is 16.5. The van der Waals surface area contributed by atoms with Crippen molar-refractivity contribution in [1.82, 2.24) is 4.90 Å². The average molecular weight is 475 g/mol. The largest absolute Gasteiger partial charge is 0.497 e. The lowest BCUT2D eigenvalue weighted by molar-refractivity contribution is -0.130. The first-order valence-electron chi connectivity index (χ1n) is 11.5. The van der Waals surface area contributed by atoms with Gasteiger partial charge in [0.15, 0.2) is 0 Å². The minimum Gasteiger partial charge on any atom is -0.497 e. The fourth-order valence-electron chi connectivity index (χ4n) is 4.03. The van der Waals surface area contributed by atoms with Gasteiger partial charge < -0.3 is 29.9 Å². The van der Waals surface area contributed by atoms with Crippen molar-refractivity contribution in [1.29, 1.82) is 0 Å². The first kappa shape index (κ1) is 23.9. The van der Waals surface area contributed by atoms with E-state index in [2.05, 4.69) is 15.5 Å². The number of nitrogens with zero attached hydrogens (tertiary/aromatic N) is 2. The van der Waals surface area contributed by atoms with Gasteiger partial charge in [0.1, 0.15) is 11.5 Å². The number of rotatable bonds is 7. The van der Waals surface area contributed by atoms with Gasteiger partial charge in [-0.15, -0.1) is 0 Å². The van der Waals surface area contributed by atoms with Crippen LogP contribution in [0, 0.1) is 0 Å². The number of anilines is 3. The zero-order valence-corrected chi connectivity index (χ0v) is 20.0. The van der Waals surface area contributed by atoms with Crippen molar-refractivity contribution in [2.75, 3.05) is 55.9 Å². The van der Waals surface area contributed by atoms with Crippen LogP contribution in [0.2, 0.25) is 0 Å². The van der Waals surface area contributed by atoms with Crippen LogP contribution < -0.4 is 25.0 Å². The number of para-hydroxylation sites is 2. The highest BCUT2D eigenvalue weighted by Crippen LogP contribution is 2.24. The third-order valence-electron chi connectivity index (χ3n) is 5.99. The molecule has 0 radical (unpaired) electrons. The van der Waals surface area contributed by atoms with E-state index in [-0.39, 0.29) is 11.9 Å². The Hall–Kier alpha value is -4.20. The van der Waals surface area contributed by atoms with Crippen molar-refractivity contribution >= 4 is 29.0 Å². The minimum absolute atomic E-state index is 0.135. The second kappa shape index (κ2) is 11.3. The normalized spacial score (nSPS) is 13.2. The molecular weight excluding hydrogens is 444 g/mol. The van der Waals surface area contributed by atoms with Crippen LogP contribution in [0.4, 0.5) is 21.9 Å². The minimum atomic E-state index is -0.341. The summed E-state index contributed by atoms with van der Waals surface area (Å²) in [7, 11) is 3.19. The Morgan fingerprint density at radius 3 is 2.14 bits per heavy atom. The Bertz CT molecular complexity index is 1140. The monoisotopic (exact) mass is 474 g/mol. The van der Waals surface area contributed by atoms with Crippen LogP contribution in [0.3, 0.4) is 0 Å². The molecule has 0 atom stereocenters. The first-order chi connectivity index (χ1) is 17.1. The maximum Gasteiger partial charge on any atom is 0.323 e. The van der Waals surface area contributed by atoms with E-state index in [0.29, 0.717) is 36.6 Å².